The molecule has 4 atom stereocenters. The Kier molecular flexibility index (Phi) is 3.97. The van der Waals surface area contributed by atoms with Crippen LogP contribution in [0.15, 0.2) is 30.6 Å². The number of nitrogens with one attached hydrogen (secondary N) is 1. The number of anilines is 2. The van der Waals surface area contributed by atoms with Gasteiger partial charge in [0, 0.05) is 43.0 Å². The molecule has 146 valence electrons. The molecule has 3 N–H and O–H groups in total. The standard InChI is InChI=1S/C20H24N6O2/c1-12-13(3-2-7-22-12)18(27)24-9-14-15-10-26(19-23-8-5-17(21)25-19)11-20(15)6-4-16(14)28-20/h2-3,5,7-8,14-16H,4,6,9-11H2,1H3,(H,24,27)(H2,21,23,25)/t14-,15+,16+,20+/m0/s1. The normalized spacial score (nSPS) is 30.5. The molecule has 0 unspecified atom stereocenters. The number of amides is 1. The first-order valence-electron chi connectivity index (χ1n) is 9.77. The zero-order valence-corrected chi connectivity index (χ0v) is 15.8. The van der Waals surface area contributed by atoms with Crippen LogP contribution in [0.1, 0.15) is 28.9 Å². The van der Waals surface area contributed by atoms with Gasteiger partial charge in [-0.25, -0.2) is 4.98 Å². The molecule has 0 aromatic carbocycles. The van der Waals surface area contributed by atoms with Gasteiger partial charge in [-0.2, -0.15) is 4.98 Å². The van der Waals surface area contributed by atoms with Crippen molar-refractivity contribution >= 4 is 17.7 Å². The molecule has 8 heteroatoms. The summed E-state index contributed by atoms with van der Waals surface area (Å²) in [5, 5.41) is 3.11. The van der Waals surface area contributed by atoms with Crippen molar-refractivity contribution in [1.82, 2.24) is 20.3 Å². The van der Waals surface area contributed by atoms with E-state index in [9.17, 15) is 4.79 Å². The number of rotatable bonds is 4. The third kappa shape index (κ3) is 2.71. The molecule has 2 bridgehead atoms. The molecule has 2 aromatic heterocycles. The summed E-state index contributed by atoms with van der Waals surface area (Å²) >= 11 is 0. The molecule has 0 radical (unpaired) electrons. The van der Waals surface area contributed by atoms with Crippen LogP contribution in [-0.2, 0) is 4.74 Å². The van der Waals surface area contributed by atoms with Gasteiger partial charge in [-0.1, -0.05) is 0 Å². The van der Waals surface area contributed by atoms with Gasteiger partial charge < -0.3 is 20.7 Å². The largest absolute Gasteiger partial charge is 0.384 e. The number of pyridine rings is 1. The number of carbonyl (C=O) groups excluding carboxylic acids is 1. The van der Waals surface area contributed by atoms with E-state index in [2.05, 4.69) is 25.2 Å². The minimum atomic E-state index is -0.155. The lowest BCUT2D eigenvalue weighted by Gasteiger charge is -2.29. The molecular weight excluding hydrogens is 356 g/mol. The topological polar surface area (TPSA) is 106 Å². The average molecular weight is 380 g/mol. The first-order chi connectivity index (χ1) is 13.6. The second kappa shape index (κ2) is 6.41. The molecule has 8 nitrogen and oxygen atoms in total. The predicted octanol–water partition coefficient (Wildman–Crippen LogP) is 1.18. The maximum atomic E-state index is 12.6. The van der Waals surface area contributed by atoms with Crippen LogP contribution in [0.2, 0.25) is 0 Å². The number of aryl methyl sites for hydroxylation is 1. The summed E-state index contributed by atoms with van der Waals surface area (Å²) in [6.07, 6.45) is 5.69. The quantitative estimate of drug-likeness (QED) is 0.820. The molecule has 3 fully saturated rings. The highest BCUT2D eigenvalue weighted by molar-refractivity contribution is 5.95. The highest BCUT2D eigenvalue weighted by Crippen LogP contribution is 2.54. The van der Waals surface area contributed by atoms with Crippen molar-refractivity contribution in [2.24, 2.45) is 11.8 Å². The Morgan fingerprint density at radius 2 is 2.29 bits per heavy atom. The highest BCUT2D eigenvalue weighted by Gasteiger charge is 2.63. The smallest absolute Gasteiger partial charge is 0.253 e. The second-order valence-electron chi connectivity index (χ2n) is 8.04. The van der Waals surface area contributed by atoms with Gasteiger partial charge in [-0.3, -0.25) is 9.78 Å². The monoisotopic (exact) mass is 380 g/mol. The van der Waals surface area contributed by atoms with E-state index in [0.717, 1.165) is 31.6 Å². The van der Waals surface area contributed by atoms with E-state index in [1.54, 1.807) is 24.5 Å². The fourth-order valence-corrected chi connectivity index (χ4v) is 5.16. The number of fused-ring (bicyclic) bond motifs is 1. The average Bonchev–Trinajstić information content (AvgIpc) is 3.35. The summed E-state index contributed by atoms with van der Waals surface area (Å²) in [5.74, 6) is 1.70. The van der Waals surface area contributed by atoms with Crippen LogP contribution in [0.3, 0.4) is 0 Å². The Bertz CT molecular complexity index is 921. The zero-order chi connectivity index (χ0) is 19.3. The SMILES string of the molecule is Cc1ncccc1C(=O)NC[C@H]1[C@H]2CN(c3nccc(N)n3)C[C@]23CC[C@H]1O3. The first kappa shape index (κ1) is 17.4. The van der Waals surface area contributed by atoms with Crippen molar-refractivity contribution in [1.29, 1.82) is 0 Å². The van der Waals surface area contributed by atoms with E-state index in [1.807, 2.05) is 13.0 Å². The van der Waals surface area contributed by atoms with Crippen LogP contribution < -0.4 is 16.0 Å². The number of ether oxygens (including phenoxy) is 1. The Balaban J connectivity index is 1.31. The van der Waals surface area contributed by atoms with Crippen LogP contribution in [0, 0.1) is 18.8 Å². The zero-order valence-electron chi connectivity index (χ0n) is 15.8. The van der Waals surface area contributed by atoms with Gasteiger partial charge in [-0.15, -0.1) is 0 Å². The molecule has 5 heterocycles. The summed E-state index contributed by atoms with van der Waals surface area (Å²) in [5.41, 5.74) is 7.04. The third-order valence-electron chi connectivity index (χ3n) is 6.48. The Labute approximate surface area is 163 Å². The number of hydrogen-bond acceptors (Lipinski definition) is 7. The second-order valence-corrected chi connectivity index (χ2v) is 8.04. The number of aromatic nitrogens is 3. The van der Waals surface area contributed by atoms with Gasteiger partial charge in [-0.05, 0) is 38.0 Å². The van der Waals surface area contributed by atoms with Gasteiger partial charge in [0.25, 0.3) is 5.91 Å². The maximum Gasteiger partial charge on any atom is 0.253 e. The van der Waals surface area contributed by atoms with Gasteiger partial charge in [0.15, 0.2) is 0 Å². The van der Waals surface area contributed by atoms with E-state index in [-0.39, 0.29) is 17.6 Å². The number of nitrogens with zero attached hydrogens (tertiary/aromatic N) is 4. The van der Waals surface area contributed by atoms with Gasteiger partial charge in [0.1, 0.15) is 5.82 Å². The molecule has 2 aromatic rings. The van der Waals surface area contributed by atoms with Crippen molar-refractivity contribution in [2.45, 2.75) is 31.5 Å². The fraction of sp³-hybridized carbons (Fsp3) is 0.500. The van der Waals surface area contributed by atoms with Crippen molar-refractivity contribution in [3.63, 3.8) is 0 Å². The van der Waals surface area contributed by atoms with Crippen molar-refractivity contribution in [3.05, 3.63) is 41.9 Å². The summed E-state index contributed by atoms with van der Waals surface area (Å²) < 4.78 is 6.45. The minimum absolute atomic E-state index is 0.0727. The number of nitrogens with two attached hydrogens (primary N) is 1. The fourth-order valence-electron chi connectivity index (χ4n) is 5.16. The Morgan fingerprint density at radius 1 is 1.39 bits per heavy atom. The molecule has 28 heavy (non-hydrogen) atoms. The number of hydrogen-bond donors (Lipinski definition) is 2. The molecule has 3 aliphatic heterocycles. The van der Waals surface area contributed by atoms with Crippen LogP contribution in [0.5, 0.6) is 0 Å². The highest BCUT2D eigenvalue weighted by atomic mass is 16.5. The lowest BCUT2D eigenvalue weighted by atomic mass is 9.73. The Hall–Kier alpha value is -2.74. The van der Waals surface area contributed by atoms with Gasteiger partial charge in [0.05, 0.1) is 23.8 Å². The minimum Gasteiger partial charge on any atom is -0.384 e. The Morgan fingerprint density at radius 3 is 3.11 bits per heavy atom. The molecular formula is C20H24N6O2. The van der Waals surface area contributed by atoms with Crippen LogP contribution >= 0.6 is 0 Å². The molecule has 1 amide bonds. The summed E-state index contributed by atoms with van der Waals surface area (Å²) in [6.45, 7) is 4.07. The molecule has 1 spiro atoms. The van der Waals surface area contributed by atoms with E-state index in [0.29, 0.717) is 35.7 Å². The van der Waals surface area contributed by atoms with E-state index >= 15 is 0 Å². The third-order valence-corrected chi connectivity index (χ3v) is 6.48. The van der Waals surface area contributed by atoms with E-state index < -0.39 is 0 Å². The summed E-state index contributed by atoms with van der Waals surface area (Å²) in [7, 11) is 0. The van der Waals surface area contributed by atoms with Gasteiger partial charge in [0.2, 0.25) is 5.95 Å². The lowest BCUT2D eigenvalue weighted by molar-refractivity contribution is 0.0141. The van der Waals surface area contributed by atoms with Crippen molar-refractivity contribution in [3.8, 4) is 0 Å². The molecule has 0 aliphatic carbocycles. The van der Waals surface area contributed by atoms with Crippen LogP contribution in [0.25, 0.3) is 0 Å². The van der Waals surface area contributed by atoms with Crippen LogP contribution in [0.4, 0.5) is 11.8 Å². The maximum absolute atomic E-state index is 12.6. The molecule has 5 rings (SSSR count). The van der Waals surface area contributed by atoms with Crippen molar-refractivity contribution in [2.75, 3.05) is 30.3 Å². The van der Waals surface area contributed by atoms with Crippen LogP contribution in [-0.4, -0.2) is 52.2 Å². The molecule has 3 aliphatic rings. The summed E-state index contributed by atoms with van der Waals surface area (Å²) in [4.78, 5) is 27.7. The number of carbonyl (C=O) groups is 1. The molecule has 3 saturated heterocycles. The van der Waals surface area contributed by atoms with E-state index in [4.69, 9.17) is 10.5 Å². The molecule has 0 saturated carbocycles. The summed E-state index contributed by atoms with van der Waals surface area (Å²) in [6, 6.07) is 5.29. The van der Waals surface area contributed by atoms with E-state index in [1.165, 1.54) is 0 Å². The van der Waals surface area contributed by atoms with Crippen molar-refractivity contribution < 1.29 is 9.53 Å². The predicted molar refractivity (Wildman–Crippen MR) is 104 cm³/mol. The lowest BCUT2D eigenvalue weighted by Crippen LogP contribution is -2.42. The van der Waals surface area contributed by atoms with Gasteiger partial charge >= 0.3 is 0 Å². The first-order valence-corrected chi connectivity index (χ1v) is 9.77. The number of nitrogen functional groups attached to an aromatic ring is 1.